The molecule has 1 aromatic rings. The second kappa shape index (κ2) is 7.11. The number of rotatable bonds is 6. The zero-order valence-corrected chi connectivity index (χ0v) is 11.4. The normalized spacial score (nSPS) is 18.0. The highest BCUT2D eigenvalue weighted by molar-refractivity contribution is 5.29. The number of aliphatic hydroxyl groups is 1. The fourth-order valence-electron chi connectivity index (χ4n) is 2.21. The van der Waals surface area contributed by atoms with Crippen molar-refractivity contribution >= 4 is 0 Å². The molecule has 0 bridgehead atoms. The number of hydrogen-bond donors (Lipinski definition) is 2. The van der Waals surface area contributed by atoms with Crippen LogP contribution in [0.5, 0.6) is 5.75 Å². The minimum atomic E-state index is -3.05. The van der Waals surface area contributed by atoms with Crippen molar-refractivity contribution in [3.8, 4) is 5.75 Å². The molecule has 1 aromatic carbocycles. The van der Waals surface area contributed by atoms with Crippen molar-refractivity contribution in [1.82, 2.24) is 5.32 Å². The van der Waals surface area contributed by atoms with Gasteiger partial charge in [0.1, 0.15) is 0 Å². The van der Waals surface area contributed by atoms with Gasteiger partial charge >= 0.3 is 6.61 Å². The zero-order chi connectivity index (χ0) is 15.3. The van der Waals surface area contributed by atoms with E-state index in [1.54, 1.807) is 0 Å². The quantitative estimate of drug-likeness (QED) is 0.845. The fraction of sp³-hybridized carbons (Fsp3) is 0.571. The standard InChI is InChI=1S/C14H18F3NO3/c15-11-7-10(1-2-12(11)21-13(16)17)8-18-9-14(19)3-5-20-6-4-14/h1-2,7,13,18-19H,3-6,8-9H2. The molecule has 0 unspecified atom stereocenters. The third kappa shape index (κ3) is 4.87. The summed E-state index contributed by atoms with van der Waals surface area (Å²) in [6, 6.07) is 3.81. The van der Waals surface area contributed by atoms with Crippen molar-refractivity contribution in [3.05, 3.63) is 29.6 Å². The molecule has 0 aromatic heterocycles. The van der Waals surface area contributed by atoms with Gasteiger partial charge in [-0.1, -0.05) is 6.07 Å². The van der Waals surface area contributed by atoms with Crippen LogP contribution < -0.4 is 10.1 Å². The SMILES string of the molecule is OC1(CNCc2ccc(OC(F)F)c(F)c2)CCOCC1. The molecule has 1 fully saturated rings. The van der Waals surface area contributed by atoms with Crippen LogP contribution in [0.4, 0.5) is 13.2 Å². The third-order valence-electron chi connectivity index (χ3n) is 3.42. The van der Waals surface area contributed by atoms with E-state index >= 15 is 0 Å². The first-order valence-electron chi connectivity index (χ1n) is 6.73. The lowest BCUT2D eigenvalue weighted by Gasteiger charge is -2.32. The molecule has 21 heavy (non-hydrogen) atoms. The van der Waals surface area contributed by atoms with Crippen LogP contribution in [0.1, 0.15) is 18.4 Å². The number of halogens is 3. The van der Waals surface area contributed by atoms with E-state index in [-0.39, 0.29) is 0 Å². The first kappa shape index (κ1) is 16.1. The summed E-state index contributed by atoms with van der Waals surface area (Å²) < 4.78 is 46.8. The molecule has 7 heteroatoms. The Morgan fingerprint density at radius 3 is 2.67 bits per heavy atom. The molecule has 0 spiro atoms. The molecule has 0 saturated carbocycles. The first-order valence-corrected chi connectivity index (χ1v) is 6.73. The number of nitrogens with one attached hydrogen (secondary N) is 1. The summed E-state index contributed by atoms with van der Waals surface area (Å²) in [5, 5.41) is 13.3. The first-order chi connectivity index (χ1) is 9.98. The van der Waals surface area contributed by atoms with Crippen LogP contribution in [0.25, 0.3) is 0 Å². The monoisotopic (exact) mass is 305 g/mol. The van der Waals surface area contributed by atoms with Gasteiger partial charge in [-0.25, -0.2) is 4.39 Å². The highest BCUT2D eigenvalue weighted by atomic mass is 19.3. The summed E-state index contributed by atoms with van der Waals surface area (Å²) in [6.45, 7) is -1.31. The van der Waals surface area contributed by atoms with Crippen LogP contribution in [-0.2, 0) is 11.3 Å². The molecule has 1 saturated heterocycles. The van der Waals surface area contributed by atoms with Gasteiger partial charge in [0.2, 0.25) is 0 Å². The van der Waals surface area contributed by atoms with Crippen LogP contribution in [0.15, 0.2) is 18.2 Å². The van der Waals surface area contributed by atoms with Crippen molar-refractivity contribution in [1.29, 1.82) is 0 Å². The Bertz CT molecular complexity index is 465. The zero-order valence-electron chi connectivity index (χ0n) is 11.4. The topological polar surface area (TPSA) is 50.7 Å². The maximum absolute atomic E-state index is 13.5. The maximum atomic E-state index is 13.5. The summed E-state index contributed by atoms with van der Waals surface area (Å²) in [5.74, 6) is -1.31. The smallest absolute Gasteiger partial charge is 0.387 e. The lowest BCUT2D eigenvalue weighted by Crippen LogP contribution is -2.44. The van der Waals surface area contributed by atoms with Gasteiger partial charge in [0.05, 0.1) is 5.60 Å². The Balaban J connectivity index is 1.84. The number of benzene rings is 1. The summed E-state index contributed by atoms with van der Waals surface area (Å²) in [4.78, 5) is 0. The highest BCUT2D eigenvalue weighted by Gasteiger charge is 2.29. The van der Waals surface area contributed by atoms with Crippen LogP contribution in [-0.4, -0.2) is 37.1 Å². The number of ether oxygens (including phenoxy) is 2. The summed E-state index contributed by atoms with van der Waals surface area (Å²) in [7, 11) is 0. The minimum absolute atomic E-state index is 0.328. The van der Waals surface area contributed by atoms with E-state index < -0.39 is 23.8 Å². The highest BCUT2D eigenvalue weighted by Crippen LogP contribution is 2.21. The molecule has 0 radical (unpaired) electrons. The molecule has 0 atom stereocenters. The van der Waals surface area contributed by atoms with E-state index in [4.69, 9.17) is 4.74 Å². The van der Waals surface area contributed by atoms with Crippen LogP contribution in [0, 0.1) is 5.82 Å². The molecule has 118 valence electrons. The summed E-state index contributed by atoms with van der Waals surface area (Å²) in [5.41, 5.74) is -0.222. The molecule has 2 rings (SSSR count). The van der Waals surface area contributed by atoms with E-state index in [0.29, 0.717) is 44.7 Å². The van der Waals surface area contributed by atoms with Gasteiger partial charge in [-0.15, -0.1) is 0 Å². The van der Waals surface area contributed by atoms with Crippen LogP contribution in [0.3, 0.4) is 0 Å². The van der Waals surface area contributed by atoms with Gasteiger partial charge in [0.15, 0.2) is 11.6 Å². The Labute approximate surface area is 120 Å². The Morgan fingerprint density at radius 2 is 2.05 bits per heavy atom. The van der Waals surface area contributed by atoms with Gasteiger partial charge in [-0.3, -0.25) is 0 Å². The molecule has 1 aliphatic rings. The number of alkyl halides is 2. The van der Waals surface area contributed by atoms with Crippen molar-refractivity contribution < 1.29 is 27.8 Å². The van der Waals surface area contributed by atoms with Gasteiger partial charge in [-0.2, -0.15) is 8.78 Å². The second-order valence-electron chi connectivity index (χ2n) is 5.08. The molecule has 0 amide bonds. The van der Waals surface area contributed by atoms with E-state index in [1.807, 2.05) is 0 Å². The van der Waals surface area contributed by atoms with Crippen molar-refractivity contribution in [3.63, 3.8) is 0 Å². The lowest BCUT2D eigenvalue weighted by atomic mass is 9.94. The predicted molar refractivity (Wildman–Crippen MR) is 69.7 cm³/mol. The van der Waals surface area contributed by atoms with E-state index in [1.165, 1.54) is 12.1 Å². The Hall–Kier alpha value is -1.31. The van der Waals surface area contributed by atoms with Crippen molar-refractivity contribution in [2.45, 2.75) is 31.6 Å². The molecule has 1 heterocycles. The van der Waals surface area contributed by atoms with Gasteiger partial charge in [-0.05, 0) is 17.7 Å². The van der Waals surface area contributed by atoms with Crippen LogP contribution >= 0.6 is 0 Å². The average molecular weight is 305 g/mol. The second-order valence-corrected chi connectivity index (χ2v) is 5.08. The van der Waals surface area contributed by atoms with Crippen molar-refractivity contribution in [2.24, 2.45) is 0 Å². The Kier molecular flexibility index (Phi) is 5.44. The van der Waals surface area contributed by atoms with Gasteiger partial charge in [0.25, 0.3) is 0 Å². The molecular formula is C14H18F3NO3. The van der Waals surface area contributed by atoms with E-state index in [9.17, 15) is 18.3 Å². The van der Waals surface area contributed by atoms with E-state index in [0.717, 1.165) is 6.07 Å². The van der Waals surface area contributed by atoms with Crippen LogP contribution in [0.2, 0.25) is 0 Å². The molecule has 4 nitrogen and oxygen atoms in total. The average Bonchev–Trinajstić information content (AvgIpc) is 2.42. The maximum Gasteiger partial charge on any atom is 0.387 e. The molecule has 1 aliphatic heterocycles. The third-order valence-corrected chi connectivity index (χ3v) is 3.42. The van der Waals surface area contributed by atoms with Gasteiger partial charge in [0, 0.05) is 39.1 Å². The van der Waals surface area contributed by atoms with Gasteiger partial charge < -0.3 is 19.9 Å². The fourth-order valence-corrected chi connectivity index (χ4v) is 2.21. The summed E-state index contributed by atoms with van der Waals surface area (Å²) in [6.07, 6.45) is 1.10. The van der Waals surface area contributed by atoms with E-state index in [2.05, 4.69) is 10.1 Å². The van der Waals surface area contributed by atoms with Crippen molar-refractivity contribution in [2.75, 3.05) is 19.8 Å². The minimum Gasteiger partial charge on any atom is -0.432 e. The number of hydrogen-bond acceptors (Lipinski definition) is 4. The summed E-state index contributed by atoms with van der Waals surface area (Å²) >= 11 is 0. The predicted octanol–water partition coefficient (Wildman–Crippen LogP) is 2.06. The molecule has 0 aliphatic carbocycles. The molecule has 2 N–H and O–H groups in total. The molecular weight excluding hydrogens is 287 g/mol. The lowest BCUT2D eigenvalue weighted by molar-refractivity contribution is -0.0617. The Morgan fingerprint density at radius 1 is 1.33 bits per heavy atom. The largest absolute Gasteiger partial charge is 0.432 e.